The molecule has 0 spiro atoms. The van der Waals surface area contributed by atoms with Crippen molar-refractivity contribution in [2.45, 2.75) is 13.0 Å². The number of rotatable bonds is 8. The standard InChI is InChI=1S/C21H23NO8/c1-27-16-6-4-5-15(11-16)22-21(26)30-12-14-9-13(7-8-18(14)23)10-17(19(24)28-2)20(25)29-3/h4-9,11,17,23H,10,12H2,1-3H3,(H,22,26). The van der Waals surface area contributed by atoms with Gasteiger partial charge in [-0.3, -0.25) is 14.9 Å². The van der Waals surface area contributed by atoms with Gasteiger partial charge >= 0.3 is 18.0 Å². The monoisotopic (exact) mass is 417 g/mol. The van der Waals surface area contributed by atoms with E-state index in [1.165, 1.54) is 33.5 Å². The number of carbonyl (C=O) groups is 3. The second kappa shape index (κ2) is 10.7. The summed E-state index contributed by atoms with van der Waals surface area (Å²) in [5.74, 6) is -2.13. The van der Waals surface area contributed by atoms with Crippen molar-refractivity contribution in [3.63, 3.8) is 0 Å². The van der Waals surface area contributed by atoms with Crippen molar-refractivity contribution in [2.75, 3.05) is 26.6 Å². The van der Waals surface area contributed by atoms with Gasteiger partial charge in [-0.25, -0.2) is 4.79 Å². The van der Waals surface area contributed by atoms with Crippen molar-refractivity contribution in [2.24, 2.45) is 5.92 Å². The summed E-state index contributed by atoms with van der Waals surface area (Å²) in [5.41, 5.74) is 1.35. The first kappa shape index (κ1) is 22.5. The van der Waals surface area contributed by atoms with Gasteiger partial charge in [0, 0.05) is 17.3 Å². The van der Waals surface area contributed by atoms with Crippen LogP contribution in [0.25, 0.3) is 0 Å². The first-order valence-corrected chi connectivity index (χ1v) is 8.92. The molecule has 0 aliphatic carbocycles. The maximum atomic E-state index is 12.0. The number of benzene rings is 2. The van der Waals surface area contributed by atoms with E-state index in [9.17, 15) is 19.5 Å². The summed E-state index contributed by atoms with van der Waals surface area (Å²) in [6, 6.07) is 11.2. The molecule has 2 aromatic rings. The highest BCUT2D eigenvalue weighted by molar-refractivity contribution is 5.95. The fourth-order valence-electron chi connectivity index (χ4n) is 2.66. The average Bonchev–Trinajstić information content (AvgIpc) is 2.76. The highest BCUT2D eigenvalue weighted by atomic mass is 16.6. The van der Waals surface area contributed by atoms with Gasteiger partial charge in [0.25, 0.3) is 0 Å². The molecule has 0 saturated heterocycles. The molecule has 2 aromatic carbocycles. The van der Waals surface area contributed by atoms with Crippen LogP contribution in [-0.2, 0) is 36.8 Å². The summed E-state index contributed by atoms with van der Waals surface area (Å²) in [6.07, 6.45) is -0.724. The van der Waals surface area contributed by atoms with Crippen LogP contribution in [-0.4, -0.2) is 44.5 Å². The fraction of sp³-hybridized carbons (Fsp3) is 0.286. The number of phenolic OH excluding ortho intramolecular Hbond substituents is 1. The summed E-state index contributed by atoms with van der Waals surface area (Å²) >= 11 is 0. The van der Waals surface area contributed by atoms with Crippen LogP contribution in [0.4, 0.5) is 10.5 Å². The number of anilines is 1. The lowest BCUT2D eigenvalue weighted by Gasteiger charge is -2.14. The minimum atomic E-state index is -1.14. The van der Waals surface area contributed by atoms with E-state index in [1.807, 2.05) is 0 Å². The first-order valence-electron chi connectivity index (χ1n) is 8.92. The number of ether oxygens (including phenoxy) is 4. The Morgan fingerprint density at radius 3 is 2.33 bits per heavy atom. The van der Waals surface area contributed by atoms with Crippen LogP contribution >= 0.6 is 0 Å². The molecule has 0 aliphatic heterocycles. The molecule has 0 unspecified atom stereocenters. The molecule has 0 bridgehead atoms. The number of hydrogen-bond donors (Lipinski definition) is 2. The summed E-state index contributed by atoms with van der Waals surface area (Å²) in [4.78, 5) is 35.7. The third kappa shape index (κ3) is 6.13. The Morgan fingerprint density at radius 1 is 1.00 bits per heavy atom. The van der Waals surface area contributed by atoms with Gasteiger partial charge in [0.1, 0.15) is 18.1 Å². The molecule has 0 aliphatic rings. The van der Waals surface area contributed by atoms with E-state index >= 15 is 0 Å². The molecule has 160 valence electrons. The van der Waals surface area contributed by atoms with E-state index in [0.29, 0.717) is 22.6 Å². The predicted molar refractivity (Wildman–Crippen MR) is 106 cm³/mol. The average molecular weight is 417 g/mol. The van der Waals surface area contributed by atoms with Crippen LogP contribution < -0.4 is 10.1 Å². The van der Waals surface area contributed by atoms with E-state index in [4.69, 9.17) is 9.47 Å². The number of esters is 2. The molecule has 2 N–H and O–H groups in total. The lowest BCUT2D eigenvalue weighted by molar-refractivity contribution is -0.158. The van der Waals surface area contributed by atoms with E-state index in [-0.39, 0.29) is 18.8 Å². The van der Waals surface area contributed by atoms with Crippen LogP contribution in [0.2, 0.25) is 0 Å². The topological polar surface area (TPSA) is 120 Å². The Kier molecular flexibility index (Phi) is 8.04. The van der Waals surface area contributed by atoms with Crippen molar-refractivity contribution in [3.05, 3.63) is 53.6 Å². The third-order valence-corrected chi connectivity index (χ3v) is 4.23. The van der Waals surface area contributed by atoms with Gasteiger partial charge in [-0.1, -0.05) is 12.1 Å². The molecule has 0 fully saturated rings. The second-order valence-corrected chi connectivity index (χ2v) is 6.20. The van der Waals surface area contributed by atoms with Crippen LogP contribution in [0.15, 0.2) is 42.5 Å². The van der Waals surface area contributed by atoms with Crippen LogP contribution in [0, 0.1) is 5.92 Å². The van der Waals surface area contributed by atoms with E-state index in [0.717, 1.165) is 0 Å². The molecule has 2 rings (SSSR count). The van der Waals surface area contributed by atoms with E-state index in [2.05, 4.69) is 14.8 Å². The predicted octanol–water partition coefficient (Wildman–Crippen LogP) is 2.65. The van der Waals surface area contributed by atoms with Crippen LogP contribution in [0.3, 0.4) is 0 Å². The Hall–Kier alpha value is -3.75. The largest absolute Gasteiger partial charge is 0.508 e. The zero-order valence-corrected chi connectivity index (χ0v) is 16.8. The summed E-state index contributed by atoms with van der Waals surface area (Å²) in [6.45, 7) is -0.226. The van der Waals surface area contributed by atoms with E-state index < -0.39 is 23.9 Å². The van der Waals surface area contributed by atoms with Gasteiger partial charge in [-0.15, -0.1) is 0 Å². The fourth-order valence-corrected chi connectivity index (χ4v) is 2.66. The molecule has 1 amide bonds. The smallest absolute Gasteiger partial charge is 0.411 e. The highest BCUT2D eigenvalue weighted by Crippen LogP contribution is 2.23. The van der Waals surface area contributed by atoms with Crippen LogP contribution in [0.1, 0.15) is 11.1 Å². The molecule has 0 heterocycles. The second-order valence-electron chi connectivity index (χ2n) is 6.20. The molecule has 0 atom stereocenters. The Bertz CT molecular complexity index is 896. The molecule has 9 nitrogen and oxygen atoms in total. The number of aromatic hydroxyl groups is 1. The number of amides is 1. The number of carbonyl (C=O) groups excluding carboxylic acids is 3. The maximum absolute atomic E-state index is 12.0. The molecule has 9 heteroatoms. The minimum absolute atomic E-state index is 0.00261. The highest BCUT2D eigenvalue weighted by Gasteiger charge is 2.29. The number of hydrogen-bond acceptors (Lipinski definition) is 8. The lowest BCUT2D eigenvalue weighted by Crippen LogP contribution is -2.28. The van der Waals surface area contributed by atoms with Gasteiger partial charge in [-0.2, -0.15) is 0 Å². The van der Waals surface area contributed by atoms with Crippen molar-refractivity contribution < 1.29 is 38.4 Å². The van der Waals surface area contributed by atoms with Crippen molar-refractivity contribution in [1.82, 2.24) is 0 Å². The van der Waals surface area contributed by atoms with Crippen molar-refractivity contribution in [1.29, 1.82) is 0 Å². The molecular formula is C21H23NO8. The molecule has 0 saturated carbocycles. The van der Waals surface area contributed by atoms with E-state index in [1.54, 1.807) is 30.3 Å². The zero-order valence-electron chi connectivity index (χ0n) is 16.8. The SMILES string of the molecule is COC(=O)C(Cc1ccc(O)c(COC(=O)Nc2cccc(OC)c2)c1)C(=O)OC. The Morgan fingerprint density at radius 2 is 1.70 bits per heavy atom. The van der Waals surface area contributed by atoms with Gasteiger partial charge in [0.05, 0.1) is 21.3 Å². The molecule has 0 radical (unpaired) electrons. The summed E-state index contributed by atoms with van der Waals surface area (Å²) in [7, 11) is 3.86. The lowest BCUT2D eigenvalue weighted by atomic mass is 9.98. The quantitative estimate of drug-likeness (QED) is 0.382. The Balaban J connectivity index is 2.04. The van der Waals surface area contributed by atoms with Gasteiger partial charge < -0.3 is 24.1 Å². The first-order chi connectivity index (χ1) is 14.4. The van der Waals surface area contributed by atoms with Gasteiger partial charge in [0.2, 0.25) is 0 Å². The van der Waals surface area contributed by atoms with Crippen LogP contribution in [0.5, 0.6) is 11.5 Å². The summed E-state index contributed by atoms with van der Waals surface area (Å²) in [5, 5.41) is 12.6. The van der Waals surface area contributed by atoms with Gasteiger partial charge in [0.15, 0.2) is 5.92 Å². The molecule has 30 heavy (non-hydrogen) atoms. The normalized spacial score (nSPS) is 10.3. The number of nitrogens with one attached hydrogen (secondary N) is 1. The maximum Gasteiger partial charge on any atom is 0.411 e. The molecular weight excluding hydrogens is 394 g/mol. The Labute approximate surface area is 173 Å². The molecule has 0 aromatic heterocycles. The van der Waals surface area contributed by atoms with Gasteiger partial charge in [-0.05, 0) is 36.2 Å². The number of methoxy groups -OCH3 is 3. The van der Waals surface area contributed by atoms with Crippen molar-refractivity contribution in [3.8, 4) is 11.5 Å². The zero-order chi connectivity index (χ0) is 22.1. The third-order valence-electron chi connectivity index (χ3n) is 4.23. The van der Waals surface area contributed by atoms with Crippen molar-refractivity contribution >= 4 is 23.7 Å². The minimum Gasteiger partial charge on any atom is -0.508 e. The summed E-state index contributed by atoms with van der Waals surface area (Å²) < 4.78 is 19.5. The number of phenols is 1.